The Morgan fingerprint density at radius 1 is 1.13 bits per heavy atom. The number of carbonyl (C=O) groups is 1. The highest BCUT2D eigenvalue weighted by Gasteiger charge is 2.22. The summed E-state index contributed by atoms with van der Waals surface area (Å²) in [7, 11) is 3.10. The average molecular weight is 451 g/mol. The fourth-order valence-electron chi connectivity index (χ4n) is 4.20. The first-order valence-corrected chi connectivity index (χ1v) is 12.0. The normalized spacial score (nSPS) is 20.0. The maximum atomic E-state index is 12.3. The molecule has 8 nitrogen and oxygen atoms in total. The monoisotopic (exact) mass is 450 g/mol. The molecule has 172 valence electrons. The number of aromatic nitrogens is 4. The lowest BCUT2D eigenvalue weighted by Crippen LogP contribution is -2.36. The van der Waals surface area contributed by atoms with Gasteiger partial charge in [0.05, 0.1) is 0 Å². The molecule has 0 aromatic carbocycles. The van der Waals surface area contributed by atoms with Crippen LogP contribution in [-0.4, -0.2) is 36.4 Å². The van der Waals surface area contributed by atoms with Crippen molar-refractivity contribution >= 4 is 28.9 Å². The highest BCUT2D eigenvalue weighted by Crippen LogP contribution is 2.33. The van der Waals surface area contributed by atoms with Crippen molar-refractivity contribution in [3.05, 3.63) is 20.8 Å². The van der Waals surface area contributed by atoms with Crippen molar-refractivity contribution in [2.45, 2.75) is 76.5 Å². The van der Waals surface area contributed by atoms with Gasteiger partial charge in [0.2, 0.25) is 0 Å². The van der Waals surface area contributed by atoms with Gasteiger partial charge < -0.3 is 9.72 Å². The van der Waals surface area contributed by atoms with Gasteiger partial charge in [-0.05, 0) is 51.9 Å². The zero-order valence-corrected chi connectivity index (χ0v) is 20.0. The van der Waals surface area contributed by atoms with Gasteiger partial charge in [0, 0.05) is 26.3 Å². The van der Waals surface area contributed by atoms with Crippen molar-refractivity contribution in [3.8, 4) is 0 Å². The van der Waals surface area contributed by atoms with Gasteiger partial charge in [0.25, 0.3) is 5.56 Å². The molecule has 0 amide bonds. The second-order valence-corrected chi connectivity index (χ2v) is 10.6. The molecule has 3 rings (SSSR count). The van der Waals surface area contributed by atoms with E-state index in [0.29, 0.717) is 34.6 Å². The van der Waals surface area contributed by atoms with Crippen LogP contribution >= 0.6 is 11.8 Å². The van der Waals surface area contributed by atoms with Crippen LogP contribution in [0.5, 0.6) is 0 Å². The second kappa shape index (κ2) is 9.63. The van der Waals surface area contributed by atoms with Crippen LogP contribution in [-0.2, 0) is 23.6 Å². The van der Waals surface area contributed by atoms with Crippen LogP contribution in [0.3, 0.4) is 0 Å². The molecule has 0 radical (unpaired) electrons. The van der Waals surface area contributed by atoms with Crippen molar-refractivity contribution in [1.29, 1.82) is 0 Å². The quantitative estimate of drug-likeness (QED) is 0.412. The number of esters is 1. The topological polar surface area (TPSA) is 99.0 Å². The van der Waals surface area contributed by atoms with E-state index in [2.05, 4.69) is 9.97 Å². The zero-order chi connectivity index (χ0) is 22.8. The number of nitrogens with zero attached hydrogens (tertiary/aromatic N) is 3. The Balaban J connectivity index is 1.53. The van der Waals surface area contributed by atoms with E-state index in [9.17, 15) is 14.4 Å². The molecule has 2 aromatic rings. The lowest BCUT2D eigenvalue weighted by molar-refractivity contribution is -0.155. The standard InChI is InChI=1S/C22H34N4O4S/c1-22(2,3)30-16(27)12-11-14-7-6-8-15(10-9-14)13-31-20-23-17-18(24-20)25(4)21(29)26(5)19(17)28/h14-15H,6-13H2,1-5H3,(H,23,24). The molecular weight excluding hydrogens is 416 g/mol. The van der Waals surface area contributed by atoms with E-state index >= 15 is 0 Å². The van der Waals surface area contributed by atoms with Crippen molar-refractivity contribution in [2.75, 3.05) is 5.75 Å². The number of nitrogens with one attached hydrogen (secondary N) is 1. The third-order valence-electron chi connectivity index (χ3n) is 5.91. The molecule has 2 aromatic heterocycles. The largest absolute Gasteiger partial charge is 0.460 e. The number of thioether (sulfide) groups is 1. The first kappa shape index (κ1) is 23.6. The third kappa shape index (κ3) is 6.02. The van der Waals surface area contributed by atoms with Crippen LogP contribution in [0.25, 0.3) is 11.2 Å². The van der Waals surface area contributed by atoms with Gasteiger partial charge in [-0.25, -0.2) is 9.78 Å². The number of imidazole rings is 1. The van der Waals surface area contributed by atoms with Crippen molar-refractivity contribution in [2.24, 2.45) is 25.9 Å². The Kier molecular flexibility index (Phi) is 7.34. The minimum atomic E-state index is -0.421. The van der Waals surface area contributed by atoms with Crippen LogP contribution < -0.4 is 11.2 Å². The molecule has 1 fully saturated rings. The Bertz CT molecular complexity index is 1050. The number of carbonyl (C=O) groups excluding carboxylic acids is 1. The second-order valence-electron chi connectivity index (χ2n) is 9.62. The van der Waals surface area contributed by atoms with E-state index < -0.39 is 5.60 Å². The van der Waals surface area contributed by atoms with Gasteiger partial charge in [-0.2, -0.15) is 0 Å². The van der Waals surface area contributed by atoms with E-state index in [-0.39, 0.29) is 17.2 Å². The maximum Gasteiger partial charge on any atom is 0.332 e. The number of fused-ring (bicyclic) bond motifs is 1. The van der Waals surface area contributed by atoms with E-state index in [1.165, 1.54) is 18.0 Å². The lowest BCUT2D eigenvalue weighted by Gasteiger charge is -2.20. The van der Waals surface area contributed by atoms with Gasteiger partial charge in [-0.15, -0.1) is 0 Å². The van der Waals surface area contributed by atoms with Crippen molar-refractivity contribution in [3.63, 3.8) is 0 Å². The lowest BCUT2D eigenvalue weighted by atomic mass is 9.94. The molecule has 2 atom stereocenters. The summed E-state index contributed by atoms with van der Waals surface area (Å²) in [5.74, 6) is 1.98. The molecular formula is C22H34N4O4S. The fraction of sp³-hybridized carbons (Fsp3) is 0.727. The number of aromatic amines is 1. The predicted molar refractivity (Wildman–Crippen MR) is 122 cm³/mol. The van der Waals surface area contributed by atoms with Gasteiger partial charge in [0.1, 0.15) is 5.60 Å². The number of H-pyrrole nitrogens is 1. The molecule has 2 unspecified atom stereocenters. The van der Waals surface area contributed by atoms with Gasteiger partial charge in [0.15, 0.2) is 16.3 Å². The third-order valence-corrected chi connectivity index (χ3v) is 7.02. The summed E-state index contributed by atoms with van der Waals surface area (Å²) >= 11 is 1.61. The summed E-state index contributed by atoms with van der Waals surface area (Å²) in [6.45, 7) is 5.70. The van der Waals surface area contributed by atoms with Gasteiger partial charge in [-0.1, -0.05) is 31.0 Å². The van der Waals surface area contributed by atoms with Gasteiger partial charge in [-0.3, -0.25) is 18.7 Å². The molecule has 31 heavy (non-hydrogen) atoms. The highest BCUT2D eigenvalue weighted by molar-refractivity contribution is 7.99. The Morgan fingerprint density at radius 3 is 2.52 bits per heavy atom. The van der Waals surface area contributed by atoms with E-state index in [0.717, 1.165) is 42.4 Å². The molecule has 1 aliphatic carbocycles. The molecule has 0 aliphatic heterocycles. The summed E-state index contributed by atoms with van der Waals surface area (Å²) < 4.78 is 7.92. The average Bonchev–Trinajstić information content (AvgIpc) is 2.99. The summed E-state index contributed by atoms with van der Waals surface area (Å²) in [5, 5.41) is 0.680. The Hall–Kier alpha value is -2.03. The molecule has 1 aliphatic rings. The zero-order valence-electron chi connectivity index (χ0n) is 19.2. The van der Waals surface area contributed by atoms with E-state index in [4.69, 9.17) is 4.74 Å². The molecule has 1 saturated carbocycles. The number of hydrogen-bond donors (Lipinski definition) is 1. The summed E-state index contributed by atoms with van der Waals surface area (Å²) in [6.07, 6.45) is 7.14. The maximum absolute atomic E-state index is 12.3. The minimum Gasteiger partial charge on any atom is -0.460 e. The van der Waals surface area contributed by atoms with Crippen molar-refractivity contribution < 1.29 is 9.53 Å². The van der Waals surface area contributed by atoms with Crippen LogP contribution in [0, 0.1) is 11.8 Å². The van der Waals surface area contributed by atoms with Crippen molar-refractivity contribution in [1.82, 2.24) is 19.1 Å². The molecule has 0 spiro atoms. The predicted octanol–water partition coefficient (Wildman–Crippen LogP) is 3.37. The number of rotatable bonds is 6. The molecule has 0 saturated heterocycles. The number of hydrogen-bond acceptors (Lipinski definition) is 6. The SMILES string of the molecule is Cn1c(=O)c2[nH]c(SCC3CCCC(CCC(=O)OC(C)(C)C)CC3)nc2n(C)c1=O. The van der Waals surface area contributed by atoms with Gasteiger partial charge >= 0.3 is 11.7 Å². The fourth-order valence-corrected chi connectivity index (χ4v) is 5.25. The first-order valence-electron chi connectivity index (χ1n) is 11.1. The smallest absolute Gasteiger partial charge is 0.332 e. The summed E-state index contributed by atoms with van der Waals surface area (Å²) in [4.78, 5) is 44.0. The minimum absolute atomic E-state index is 0.103. The molecule has 9 heteroatoms. The van der Waals surface area contributed by atoms with Crippen LogP contribution in [0.2, 0.25) is 0 Å². The van der Waals surface area contributed by atoms with Crippen LogP contribution in [0.1, 0.15) is 65.7 Å². The van der Waals surface area contributed by atoms with E-state index in [1.54, 1.807) is 18.8 Å². The molecule has 0 bridgehead atoms. The summed E-state index contributed by atoms with van der Waals surface area (Å²) in [5.41, 5.74) is -0.369. The molecule has 2 heterocycles. The first-order chi connectivity index (χ1) is 14.5. The number of aryl methyl sites for hydroxylation is 1. The Morgan fingerprint density at radius 2 is 1.81 bits per heavy atom. The van der Waals surface area contributed by atoms with Crippen LogP contribution in [0.15, 0.2) is 14.7 Å². The van der Waals surface area contributed by atoms with Crippen LogP contribution in [0.4, 0.5) is 0 Å². The summed E-state index contributed by atoms with van der Waals surface area (Å²) in [6, 6.07) is 0. The van der Waals surface area contributed by atoms with E-state index in [1.807, 2.05) is 20.8 Å². The Labute approximate surface area is 186 Å². The highest BCUT2D eigenvalue weighted by atomic mass is 32.2. The molecule has 1 N–H and O–H groups in total. The number of ether oxygens (including phenoxy) is 1.